The zero-order valence-corrected chi connectivity index (χ0v) is 15.9. The fourth-order valence-electron chi connectivity index (χ4n) is 4.96. The minimum absolute atomic E-state index is 0.0618. The second-order valence-electron chi connectivity index (χ2n) is 7.98. The molecule has 0 bridgehead atoms. The minimum atomic E-state index is -0.575. The molecule has 3 unspecified atom stereocenters. The second kappa shape index (κ2) is 5.83. The summed E-state index contributed by atoms with van der Waals surface area (Å²) in [5.74, 6) is 0.330. The fraction of sp³-hybridized carbons (Fsp3) is 0.737. The Morgan fingerprint density at radius 1 is 1.20 bits per heavy atom. The Balaban J connectivity index is 1.54. The number of aliphatic imine (C=N–C) groups is 1. The molecule has 0 aromatic heterocycles. The van der Waals surface area contributed by atoms with Crippen LogP contribution in [-0.4, -0.2) is 41.0 Å². The van der Waals surface area contributed by atoms with Crippen molar-refractivity contribution in [3.63, 3.8) is 0 Å². The SMILES string of the molecule is NC1=NC2(CO1)C1=CC(Br)(OC3CCC3)C=CC1O[C@H]1CCCC[C@@H]12. The van der Waals surface area contributed by atoms with Gasteiger partial charge in [-0.05, 0) is 65.8 Å². The van der Waals surface area contributed by atoms with Crippen LogP contribution in [0.25, 0.3) is 0 Å². The third-order valence-corrected chi connectivity index (χ3v) is 7.12. The molecule has 5 atom stereocenters. The van der Waals surface area contributed by atoms with E-state index in [-0.39, 0.29) is 12.2 Å². The first-order valence-electron chi connectivity index (χ1n) is 9.51. The molecule has 1 saturated heterocycles. The van der Waals surface area contributed by atoms with Crippen LogP contribution in [0.2, 0.25) is 0 Å². The highest BCUT2D eigenvalue weighted by Gasteiger charge is 2.57. The Labute approximate surface area is 156 Å². The Bertz CT molecular complexity index is 659. The van der Waals surface area contributed by atoms with Crippen molar-refractivity contribution in [1.82, 2.24) is 0 Å². The van der Waals surface area contributed by atoms with Gasteiger partial charge in [-0.2, -0.15) is 0 Å². The van der Waals surface area contributed by atoms with Gasteiger partial charge < -0.3 is 19.9 Å². The van der Waals surface area contributed by atoms with E-state index in [1.165, 1.54) is 19.3 Å². The number of fused-ring (bicyclic) bond motifs is 4. The van der Waals surface area contributed by atoms with E-state index in [0.29, 0.717) is 24.7 Å². The molecule has 2 saturated carbocycles. The van der Waals surface area contributed by atoms with Gasteiger partial charge in [0.2, 0.25) is 0 Å². The molecule has 0 radical (unpaired) electrons. The molecular weight excluding hydrogens is 384 g/mol. The molecule has 3 fully saturated rings. The van der Waals surface area contributed by atoms with E-state index < -0.39 is 10.0 Å². The van der Waals surface area contributed by atoms with Crippen molar-refractivity contribution < 1.29 is 14.2 Å². The zero-order valence-electron chi connectivity index (χ0n) is 14.3. The van der Waals surface area contributed by atoms with Gasteiger partial charge in [0.15, 0.2) is 4.51 Å². The van der Waals surface area contributed by atoms with Crippen LogP contribution >= 0.6 is 15.9 Å². The lowest BCUT2D eigenvalue weighted by molar-refractivity contribution is -0.0904. The zero-order chi connectivity index (χ0) is 17.1. The van der Waals surface area contributed by atoms with Crippen molar-refractivity contribution in [2.45, 2.75) is 73.3 Å². The molecule has 5 nitrogen and oxygen atoms in total. The van der Waals surface area contributed by atoms with Gasteiger partial charge in [0.05, 0.1) is 18.3 Å². The van der Waals surface area contributed by atoms with Gasteiger partial charge in [0.25, 0.3) is 6.02 Å². The molecule has 0 aromatic carbocycles. The van der Waals surface area contributed by atoms with Crippen LogP contribution in [0, 0.1) is 5.92 Å². The lowest BCUT2D eigenvalue weighted by atomic mass is 9.65. The standard InChI is InChI=1S/C19H25BrN2O3/c20-18(25-12-4-3-5-12)9-8-16-14(10-18)19(11-23-17(21)22-19)13-6-1-2-7-15(13)24-16/h8-10,12-13,15-16H,1-7,11H2,(H2,21,22)/t13-,15-,16?,18?,19?/m0/s1. The van der Waals surface area contributed by atoms with E-state index in [1.807, 2.05) is 0 Å². The molecule has 5 aliphatic rings. The van der Waals surface area contributed by atoms with Crippen LogP contribution in [0.4, 0.5) is 0 Å². The number of halogens is 1. The highest BCUT2D eigenvalue weighted by atomic mass is 79.9. The summed E-state index contributed by atoms with van der Waals surface area (Å²) in [6.45, 7) is 0.520. The van der Waals surface area contributed by atoms with Crippen LogP contribution in [0.1, 0.15) is 44.9 Å². The number of nitrogens with two attached hydrogens (primary N) is 1. The average Bonchev–Trinajstić information content (AvgIpc) is 2.96. The van der Waals surface area contributed by atoms with Gasteiger partial charge in [-0.1, -0.05) is 18.9 Å². The normalized spacial score (nSPS) is 45.9. The quantitative estimate of drug-likeness (QED) is 0.562. The third kappa shape index (κ3) is 2.60. The topological polar surface area (TPSA) is 66.1 Å². The predicted molar refractivity (Wildman–Crippen MR) is 98.5 cm³/mol. The first kappa shape index (κ1) is 16.3. The van der Waals surface area contributed by atoms with Crippen LogP contribution in [0.5, 0.6) is 0 Å². The Kier molecular flexibility index (Phi) is 3.81. The van der Waals surface area contributed by atoms with Crippen molar-refractivity contribution in [3.8, 4) is 0 Å². The minimum Gasteiger partial charge on any atom is -0.462 e. The molecule has 2 heterocycles. The van der Waals surface area contributed by atoms with E-state index in [4.69, 9.17) is 24.9 Å². The molecule has 2 aliphatic heterocycles. The van der Waals surface area contributed by atoms with Crippen LogP contribution in [0.3, 0.4) is 0 Å². The van der Waals surface area contributed by atoms with Crippen LogP contribution in [0.15, 0.2) is 28.8 Å². The molecule has 136 valence electrons. The first-order valence-corrected chi connectivity index (χ1v) is 10.3. The molecule has 0 aromatic rings. The van der Waals surface area contributed by atoms with E-state index in [2.05, 4.69) is 34.2 Å². The molecule has 0 amide bonds. The van der Waals surface area contributed by atoms with Gasteiger partial charge >= 0.3 is 0 Å². The van der Waals surface area contributed by atoms with Crippen molar-refractivity contribution in [1.29, 1.82) is 0 Å². The number of rotatable bonds is 2. The predicted octanol–water partition coefficient (Wildman–Crippen LogP) is 3.18. The highest BCUT2D eigenvalue weighted by Crippen LogP contribution is 2.52. The maximum Gasteiger partial charge on any atom is 0.283 e. The third-order valence-electron chi connectivity index (χ3n) is 6.44. The molecule has 6 heteroatoms. The Hall–Kier alpha value is -0.850. The summed E-state index contributed by atoms with van der Waals surface area (Å²) in [7, 11) is 0. The van der Waals surface area contributed by atoms with Crippen molar-refractivity contribution >= 4 is 22.0 Å². The van der Waals surface area contributed by atoms with Crippen LogP contribution < -0.4 is 5.73 Å². The second-order valence-corrected chi connectivity index (χ2v) is 9.22. The van der Waals surface area contributed by atoms with Gasteiger partial charge in [-0.15, -0.1) is 0 Å². The smallest absolute Gasteiger partial charge is 0.283 e. The maximum absolute atomic E-state index is 6.46. The lowest BCUT2D eigenvalue weighted by Gasteiger charge is -2.51. The Morgan fingerprint density at radius 2 is 2.04 bits per heavy atom. The van der Waals surface area contributed by atoms with Crippen molar-refractivity contribution in [2.75, 3.05) is 6.61 Å². The van der Waals surface area contributed by atoms with E-state index in [9.17, 15) is 0 Å². The van der Waals surface area contributed by atoms with Crippen LogP contribution in [-0.2, 0) is 14.2 Å². The fourth-order valence-corrected chi connectivity index (χ4v) is 5.63. The summed E-state index contributed by atoms with van der Waals surface area (Å²) >= 11 is 3.81. The van der Waals surface area contributed by atoms with E-state index in [0.717, 1.165) is 31.3 Å². The number of nitrogens with zero attached hydrogens (tertiary/aromatic N) is 1. The summed E-state index contributed by atoms with van der Waals surface area (Å²) in [5, 5.41) is 0. The summed E-state index contributed by atoms with van der Waals surface area (Å²) in [4.78, 5) is 4.84. The highest BCUT2D eigenvalue weighted by molar-refractivity contribution is 9.10. The van der Waals surface area contributed by atoms with Crippen molar-refractivity contribution in [3.05, 3.63) is 23.8 Å². The maximum atomic E-state index is 6.46. The number of alkyl halides is 1. The molecule has 3 aliphatic carbocycles. The van der Waals surface area contributed by atoms with Gasteiger partial charge in [-0.25, -0.2) is 4.99 Å². The monoisotopic (exact) mass is 408 g/mol. The Morgan fingerprint density at radius 3 is 2.76 bits per heavy atom. The number of hydrogen-bond acceptors (Lipinski definition) is 5. The van der Waals surface area contributed by atoms with Gasteiger partial charge in [0.1, 0.15) is 12.1 Å². The molecule has 5 rings (SSSR count). The summed E-state index contributed by atoms with van der Waals surface area (Å²) in [5.41, 5.74) is 6.71. The number of ether oxygens (including phenoxy) is 3. The number of hydrogen-bond donors (Lipinski definition) is 1. The molecule has 2 N–H and O–H groups in total. The molecule has 25 heavy (non-hydrogen) atoms. The largest absolute Gasteiger partial charge is 0.462 e. The lowest BCUT2D eigenvalue weighted by Crippen LogP contribution is -2.57. The number of amidine groups is 1. The molecular formula is C19H25BrN2O3. The van der Waals surface area contributed by atoms with E-state index >= 15 is 0 Å². The van der Waals surface area contributed by atoms with Crippen molar-refractivity contribution in [2.24, 2.45) is 16.6 Å². The first-order chi connectivity index (χ1) is 12.1. The summed E-state index contributed by atoms with van der Waals surface area (Å²) in [6.07, 6.45) is 15.0. The summed E-state index contributed by atoms with van der Waals surface area (Å²) in [6, 6.07) is 0.306. The van der Waals surface area contributed by atoms with Gasteiger partial charge in [0, 0.05) is 5.92 Å². The summed E-state index contributed by atoms with van der Waals surface area (Å²) < 4.78 is 17.9. The molecule has 1 spiro atoms. The van der Waals surface area contributed by atoms with E-state index in [1.54, 1.807) is 0 Å². The average molecular weight is 409 g/mol. The van der Waals surface area contributed by atoms with Gasteiger partial charge in [-0.3, -0.25) is 0 Å².